The van der Waals surface area contributed by atoms with E-state index in [1.165, 1.54) is 39.9 Å². The molecule has 0 atom stereocenters. The molecule has 0 unspecified atom stereocenters. The fourth-order valence-electron chi connectivity index (χ4n) is 3.22. The lowest BCUT2D eigenvalue weighted by Crippen LogP contribution is -2.15. The quantitative estimate of drug-likeness (QED) is 0.822. The largest absolute Gasteiger partial charge is 0.496 e. The number of carbonyl (C=O) groups is 1. The van der Waals surface area contributed by atoms with Gasteiger partial charge in [-0.3, -0.25) is 4.79 Å². The van der Waals surface area contributed by atoms with Crippen LogP contribution in [0.5, 0.6) is 11.5 Å². The van der Waals surface area contributed by atoms with Gasteiger partial charge in [0.2, 0.25) is 0 Å². The fourth-order valence-corrected chi connectivity index (χ4v) is 3.22. The summed E-state index contributed by atoms with van der Waals surface area (Å²) in [7, 11) is 3.07. The molecule has 25 heavy (non-hydrogen) atoms. The second-order valence-corrected chi connectivity index (χ2v) is 6.19. The molecule has 132 valence electrons. The molecule has 1 aliphatic rings. The van der Waals surface area contributed by atoms with Gasteiger partial charge in [0.25, 0.3) is 5.91 Å². The Morgan fingerprint density at radius 1 is 0.920 bits per heavy atom. The van der Waals surface area contributed by atoms with E-state index in [0.717, 1.165) is 11.4 Å². The van der Waals surface area contributed by atoms with Crippen LogP contribution in [0.15, 0.2) is 42.5 Å². The van der Waals surface area contributed by atoms with Crippen LogP contribution in [0.1, 0.15) is 36.0 Å². The topological polar surface area (TPSA) is 59.6 Å². The Balaban J connectivity index is 1.71. The molecule has 2 aromatic carbocycles. The lowest BCUT2D eigenvalue weighted by Gasteiger charge is -2.15. The molecule has 1 amide bonds. The number of rotatable bonds is 6. The maximum Gasteiger partial charge on any atom is 0.263 e. The Morgan fingerprint density at radius 3 is 2.04 bits per heavy atom. The molecule has 0 saturated heterocycles. The SMILES string of the molecule is COc1cccc(OC)c1C(=O)Nc1ccc(NC2CCCC2)cc1. The van der Waals surface area contributed by atoms with Crippen molar-refractivity contribution in [2.75, 3.05) is 24.9 Å². The van der Waals surface area contributed by atoms with Crippen molar-refractivity contribution in [2.45, 2.75) is 31.7 Å². The highest BCUT2D eigenvalue weighted by Gasteiger charge is 2.18. The van der Waals surface area contributed by atoms with Crippen LogP contribution in [0.25, 0.3) is 0 Å². The van der Waals surface area contributed by atoms with Gasteiger partial charge in [0.1, 0.15) is 17.1 Å². The van der Waals surface area contributed by atoms with E-state index in [9.17, 15) is 4.79 Å². The second-order valence-electron chi connectivity index (χ2n) is 6.19. The van der Waals surface area contributed by atoms with Crippen molar-refractivity contribution in [3.8, 4) is 11.5 Å². The van der Waals surface area contributed by atoms with E-state index in [0.29, 0.717) is 23.1 Å². The van der Waals surface area contributed by atoms with E-state index >= 15 is 0 Å². The van der Waals surface area contributed by atoms with E-state index in [-0.39, 0.29) is 5.91 Å². The van der Waals surface area contributed by atoms with Crippen molar-refractivity contribution in [2.24, 2.45) is 0 Å². The number of benzene rings is 2. The Morgan fingerprint density at radius 2 is 1.48 bits per heavy atom. The average Bonchev–Trinajstić information content (AvgIpc) is 3.15. The maximum atomic E-state index is 12.7. The third kappa shape index (κ3) is 4.05. The summed E-state index contributed by atoms with van der Waals surface area (Å²) < 4.78 is 10.6. The highest BCUT2D eigenvalue weighted by Crippen LogP contribution is 2.29. The van der Waals surface area contributed by atoms with Gasteiger partial charge in [-0.1, -0.05) is 18.9 Å². The molecule has 3 rings (SSSR count). The molecular formula is C20H24N2O3. The lowest BCUT2D eigenvalue weighted by atomic mass is 10.1. The number of anilines is 2. The molecule has 1 saturated carbocycles. The summed E-state index contributed by atoms with van der Waals surface area (Å²) in [5.41, 5.74) is 2.20. The average molecular weight is 340 g/mol. The minimum absolute atomic E-state index is 0.259. The van der Waals surface area contributed by atoms with E-state index in [1.807, 2.05) is 24.3 Å². The van der Waals surface area contributed by atoms with Crippen LogP contribution in [0.4, 0.5) is 11.4 Å². The van der Waals surface area contributed by atoms with E-state index in [1.54, 1.807) is 18.2 Å². The number of ether oxygens (including phenoxy) is 2. The summed E-state index contributed by atoms with van der Waals surface area (Å²) in [5.74, 6) is 0.707. The number of amides is 1. The molecular weight excluding hydrogens is 316 g/mol. The first-order chi connectivity index (χ1) is 12.2. The summed E-state index contributed by atoms with van der Waals surface area (Å²) in [5, 5.41) is 6.44. The van der Waals surface area contributed by atoms with Gasteiger partial charge in [0.15, 0.2) is 0 Å². The first-order valence-electron chi connectivity index (χ1n) is 8.60. The van der Waals surface area contributed by atoms with Gasteiger partial charge in [0.05, 0.1) is 14.2 Å². The predicted molar refractivity (Wildman–Crippen MR) is 99.8 cm³/mol. The van der Waals surface area contributed by atoms with Gasteiger partial charge in [-0.05, 0) is 49.2 Å². The zero-order chi connectivity index (χ0) is 17.6. The molecule has 5 heteroatoms. The number of hydrogen-bond acceptors (Lipinski definition) is 4. The summed E-state index contributed by atoms with van der Waals surface area (Å²) in [6, 6.07) is 13.6. The third-order valence-electron chi connectivity index (χ3n) is 4.52. The smallest absolute Gasteiger partial charge is 0.263 e. The normalized spacial score (nSPS) is 14.2. The highest BCUT2D eigenvalue weighted by atomic mass is 16.5. The van der Waals surface area contributed by atoms with Crippen molar-refractivity contribution in [1.29, 1.82) is 0 Å². The van der Waals surface area contributed by atoms with Gasteiger partial charge >= 0.3 is 0 Å². The number of nitrogens with one attached hydrogen (secondary N) is 2. The molecule has 0 bridgehead atoms. The van der Waals surface area contributed by atoms with Crippen molar-refractivity contribution in [1.82, 2.24) is 0 Å². The summed E-state index contributed by atoms with van der Waals surface area (Å²) in [6.07, 6.45) is 5.05. The Kier molecular flexibility index (Phi) is 5.43. The second kappa shape index (κ2) is 7.92. The highest BCUT2D eigenvalue weighted by molar-refractivity contribution is 6.08. The van der Waals surface area contributed by atoms with Crippen LogP contribution >= 0.6 is 0 Å². The van der Waals surface area contributed by atoms with Gasteiger partial charge in [-0.25, -0.2) is 0 Å². The summed E-state index contributed by atoms with van der Waals surface area (Å²) in [6.45, 7) is 0. The Hall–Kier alpha value is -2.69. The molecule has 0 heterocycles. The zero-order valence-corrected chi connectivity index (χ0v) is 14.7. The monoisotopic (exact) mass is 340 g/mol. The molecule has 2 N–H and O–H groups in total. The van der Waals surface area contributed by atoms with Gasteiger partial charge in [0, 0.05) is 17.4 Å². The van der Waals surface area contributed by atoms with Crippen LogP contribution in [-0.4, -0.2) is 26.2 Å². The fraction of sp³-hybridized carbons (Fsp3) is 0.350. The van der Waals surface area contributed by atoms with Crippen LogP contribution < -0.4 is 20.1 Å². The lowest BCUT2D eigenvalue weighted by molar-refractivity contribution is 0.102. The van der Waals surface area contributed by atoms with E-state index in [4.69, 9.17) is 9.47 Å². The van der Waals surface area contributed by atoms with Crippen molar-refractivity contribution in [3.63, 3.8) is 0 Å². The molecule has 1 aliphatic carbocycles. The third-order valence-corrected chi connectivity index (χ3v) is 4.52. The zero-order valence-electron chi connectivity index (χ0n) is 14.7. The maximum absolute atomic E-state index is 12.7. The van der Waals surface area contributed by atoms with Gasteiger partial charge in [-0.2, -0.15) is 0 Å². The molecule has 2 aromatic rings. The van der Waals surface area contributed by atoms with E-state index in [2.05, 4.69) is 10.6 Å². The number of hydrogen-bond donors (Lipinski definition) is 2. The molecule has 0 aromatic heterocycles. The van der Waals surface area contributed by atoms with Crippen LogP contribution in [0.3, 0.4) is 0 Å². The van der Waals surface area contributed by atoms with Crippen molar-refractivity contribution in [3.05, 3.63) is 48.0 Å². The summed E-state index contributed by atoms with van der Waals surface area (Å²) in [4.78, 5) is 12.7. The molecule has 1 fully saturated rings. The van der Waals surface area contributed by atoms with Crippen molar-refractivity contribution < 1.29 is 14.3 Å². The molecule has 0 radical (unpaired) electrons. The number of carbonyl (C=O) groups excluding carboxylic acids is 1. The molecule has 5 nitrogen and oxygen atoms in total. The standard InChI is InChI=1S/C20H24N2O3/c1-24-17-8-5-9-18(25-2)19(17)20(23)22-16-12-10-15(11-13-16)21-14-6-3-4-7-14/h5,8-14,21H,3-4,6-7H2,1-2H3,(H,22,23). The van der Waals surface area contributed by atoms with Crippen LogP contribution in [0.2, 0.25) is 0 Å². The molecule has 0 aliphatic heterocycles. The Labute approximate surface area is 148 Å². The van der Waals surface area contributed by atoms with Crippen molar-refractivity contribution >= 4 is 17.3 Å². The molecule has 0 spiro atoms. The Bertz CT molecular complexity index is 700. The minimum Gasteiger partial charge on any atom is -0.496 e. The minimum atomic E-state index is -0.259. The van der Waals surface area contributed by atoms with E-state index < -0.39 is 0 Å². The van der Waals surface area contributed by atoms with Crippen LogP contribution in [0, 0.1) is 0 Å². The first kappa shape index (κ1) is 17.1. The van der Waals surface area contributed by atoms with Gasteiger partial charge in [-0.15, -0.1) is 0 Å². The first-order valence-corrected chi connectivity index (χ1v) is 8.60. The van der Waals surface area contributed by atoms with Gasteiger partial charge < -0.3 is 20.1 Å². The summed E-state index contributed by atoms with van der Waals surface area (Å²) >= 11 is 0. The van der Waals surface area contributed by atoms with Crippen LogP contribution in [-0.2, 0) is 0 Å². The predicted octanol–water partition coefficient (Wildman–Crippen LogP) is 4.31. The number of methoxy groups -OCH3 is 2.